The third kappa shape index (κ3) is 3.89. The van der Waals surface area contributed by atoms with Gasteiger partial charge < -0.3 is 4.57 Å². The lowest BCUT2D eigenvalue weighted by Crippen LogP contribution is -2.11. The number of aryl methyl sites for hydroxylation is 1. The number of hydrogen-bond acceptors (Lipinski definition) is 5. The van der Waals surface area contributed by atoms with Crippen molar-refractivity contribution in [3.8, 4) is 11.5 Å². The van der Waals surface area contributed by atoms with Crippen molar-refractivity contribution in [2.45, 2.75) is 32.0 Å². The van der Waals surface area contributed by atoms with Crippen LogP contribution in [0.4, 0.5) is 13.2 Å². The second-order valence-electron chi connectivity index (χ2n) is 5.84. The molecule has 3 rings (SSSR count). The van der Waals surface area contributed by atoms with E-state index in [1.165, 1.54) is 35.4 Å². The molecule has 0 aliphatic heterocycles. The molecule has 11 heteroatoms. The maximum atomic E-state index is 13.0. The number of aromatic nitrogens is 5. The average molecular weight is 441 g/mol. The molecule has 0 bridgehead atoms. The average Bonchev–Trinajstić information content (AvgIpc) is 3.26. The Bertz CT molecular complexity index is 1210. The van der Waals surface area contributed by atoms with Crippen LogP contribution in [-0.4, -0.2) is 38.3 Å². The Morgan fingerprint density at radius 2 is 1.83 bits per heavy atom. The van der Waals surface area contributed by atoms with E-state index >= 15 is 0 Å². The fourth-order valence-electron chi connectivity index (χ4n) is 2.78. The van der Waals surface area contributed by atoms with E-state index in [0.29, 0.717) is 6.20 Å². The number of pyridine rings is 1. The van der Waals surface area contributed by atoms with E-state index in [1.54, 1.807) is 0 Å². The molecule has 0 amide bonds. The fourth-order valence-corrected chi connectivity index (χ4v) is 3.95. The molecule has 0 aliphatic carbocycles. The fraction of sp³-hybridized carbons (Fsp3) is 0.316. The summed E-state index contributed by atoms with van der Waals surface area (Å²) in [5, 5.41) is -0.158. The zero-order valence-corrected chi connectivity index (χ0v) is 17.8. The third-order valence-corrected chi connectivity index (χ3v) is 5.92. The molecule has 3 aromatic heterocycles. The molecule has 0 aliphatic rings. The Morgan fingerprint density at radius 1 is 1.20 bits per heavy atom. The largest absolute Gasteiger partial charge is 0.417 e. The molecule has 7 nitrogen and oxygen atoms in total. The normalized spacial score (nSPS) is 11.8. The maximum Gasteiger partial charge on any atom is 0.417 e. The van der Waals surface area contributed by atoms with E-state index in [4.69, 9.17) is 0 Å². The lowest BCUT2D eigenvalue weighted by atomic mass is 10.2. The number of rotatable bonds is 5. The molecule has 0 fully saturated rings. The zero-order chi connectivity index (χ0) is 22.9. The molecule has 0 spiro atoms. The molecule has 3 aromatic rings. The second-order valence-corrected chi connectivity index (χ2v) is 8.04. The summed E-state index contributed by atoms with van der Waals surface area (Å²) >= 11 is 0. The molecule has 0 saturated carbocycles. The van der Waals surface area contributed by atoms with E-state index in [1.807, 2.05) is 13.8 Å². The topological polar surface area (TPSA) is 82.7 Å². The highest BCUT2D eigenvalue weighted by Crippen LogP contribution is 2.33. The molecule has 0 radical (unpaired) electrons. The van der Waals surface area contributed by atoms with Gasteiger partial charge in [0.25, 0.3) is 0 Å². The number of sulfone groups is 1. The van der Waals surface area contributed by atoms with Crippen LogP contribution in [0.25, 0.3) is 35.0 Å². The number of imidazole rings is 2. The lowest BCUT2D eigenvalue weighted by Gasteiger charge is -2.07. The van der Waals surface area contributed by atoms with E-state index in [9.17, 15) is 21.6 Å². The minimum atomic E-state index is -4.57. The van der Waals surface area contributed by atoms with Crippen molar-refractivity contribution in [1.82, 2.24) is 24.1 Å². The summed E-state index contributed by atoms with van der Waals surface area (Å²) in [5.74, 6) is 0.0712. The first kappa shape index (κ1) is 23.3. The molecule has 30 heavy (non-hydrogen) atoms. The van der Waals surface area contributed by atoms with Gasteiger partial charge in [0.1, 0.15) is 17.0 Å². The van der Waals surface area contributed by atoms with Gasteiger partial charge in [0.2, 0.25) is 0 Å². The van der Waals surface area contributed by atoms with Gasteiger partial charge in [-0.1, -0.05) is 33.9 Å². The zero-order valence-electron chi connectivity index (χ0n) is 17.0. The van der Waals surface area contributed by atoms with Crippen molar-refractivity contribution in [2.24, 2.45) is 7.05 Å². The van der Waals surface area contributed by atoms with Crippen LogP contribution in [0.15, 0.2) is 30.4 Å². The molecule has 0 unspecified atom stereocenters. The molecule has 0 saturated heterocycles. The Hall–Kier alpha value is -2.95. The van der Waals surface area contributed by atoms with Crippen molar-refractivity contribution in [1.29, 1.82) is 0 Å². The summed E-state index contributed by atoms with van der Waals surface area (Å²) in [4.78, 5) is 12.3. The van der Waals surface area contributed by atoms with Crippen molar-refractivity contribution in [3.05, 3.63) is 36.8 Å². The summed E-state index contributed by atoms with van der Waals surface area (Å²) in [6.45, 7) is 12.7. The first-order valence-corrected chi connectivity index (χ1v) is 10.7. The van der Waals surface area contributed by atoms with Crippen LogP contribution in [0.1, 0.15) is 32.2 Å². The number of alkyl halides is 3. The van der Waals surface area contributed by atoms with Gasteiger partial charge in [0.15, 0.2) is 26.3 Å². The van der Waals surface area contributed by atoms with Gasteiger partial charge in [-0.2, -0.15) is 13.2 Å². The molecule has 0 atom stereocenters. The van der Waals surface area contributed by atoms with E-state index in [2.05, 4.69) is 28.1 Å². The summed E-state index contributed by atoms with van der Waals surface area (Å²) in [5.41, 5.74) is -0.822. The minimum absolute atomic E-state index is 0.00860. The maximum absolute atomic E-state index is 13.0. The highest BCUT2D eigenvalue weighted by Gasteiger charge is 2.33. The first-order valence-electron chi connectivity index (χ1n) is 9.05. The minimum Gasteiger partial charge on any atom is -0.310 e. The molecule has 0 N–H and O–H groups in total. The highest BCUT2D eigenvalue weighted by molar-refractivity contribution is 7.91. The van der Waals surface area contributed by atoms with Crippen molar-refractivity contribution in [3.63, 3.8) is 0 Å². The Kier molecular flexibility index (Phi) is 6.55. The molecule has 162 valence electrons. The van der Waals surface area contributed by atoms with Crippen LogP contribution in [0.3, 0.4) is 0 Å². The van der Waals surface area contributed by atoms with Crippen molar-refractivity contribution < 1.29 is 21.6 Å². The van der Waals surface area contributed by atoms with Crippen molar-refractivity contribution in [2.75, 3.05) is 5.75 Å². The predicted molar refractivity (Wildman–Crippen MR) is 110 cm³/mol. The van der Waals surface area contributed by atoms with Gasteiger partial charge in [-0.15, -0.1) is 0 Å². The number of nitrogens with zero attached hydrogens (tertiary/aromatic N) is 5. The molecule has 3 heterocycles. The summed E-state index contributed by atoms with van der Waals surface area (Å²) < 4.78 is 66.9. The molecular weight excluding hydrogens is 419 g/mol. The number of fused-ring (bicyclic) bond motifs is 1. The van der Waals surface area contributed by atoms with Gasteiger partial charge in [-0.25, -0.2) is 23.4 Å². The van der Waals surface area contributed by atoms with Crippen LogP contribution in [0.2, 0.25) is 0 Å². The predicted octanol–water partition coefficient (Wildman–Crippen LogP) is 4.41. The van der Waals surface area contributed by atoms with E-state index in [-0.39, 0.29) is 39.3 Å². The van der Waals surface area contributed by atoms with Crippen LogP contribution < -0.4 is 0 Å². The summed E-state index contributed by atoms with van der Waals surface area (Å²) in [6, 6.07) is 0.860. The van der Waals surface area contributed by atoms with Crippen molar-refractivity contribution >= 4 is 33.3 Å². The smallest absolute Gasteiger partial charge is 0.310 e. The SMILES string of the molecule is C=Cc1nc(-c2nc3cc(C(F)(F)F)cnc3n2C)c(S(=O)(=O)CC)n1C=C.CC. The highest BCUT2D eigenvalue weighted by atomic mass is 32.2. The Labute approximate surface area is 172 Å². The third-order valence-electron chi connectivity index (χ3n) is 4.18. The van der Waals surface area contributed by atoms with Crippen LogP contribution in [-0.2, 0) is 23.1 Å². The summed E-state index contributed by atoms with van der Waals surface area (Å²) in [7, 11) is -2.25. The van der Waals surface area contributed by atoms with Crippen LogP contribution >= 0.6 is 0 Å². The van der Waals surface area contributed by atoms with Gasteiger partial charge in [0, 0.05) is 19.4 Å². The Balaban J connectivity index is 0.00000155. The quantitative estimate of drug-likeness (QED) is 0.586. The van der Waals surface area contributed by atoms with Gasteiger partial charge in [0.05, 0.1) is 11.3 Å². The van der Waals surface area contributed by atoms with E-state index < -0.39 is 21.6 Å². The van der Waals surface area contributed by atoms with Gasteiger partial charge in [-0.05, 0) is 12.1 Å². The lowest BCUT2D eigenvalue weighted by molar-refractivity contribution is -0.137. The molecule has 0 aromatic carbocycles. The monoisotopic (exact) mass is 441 g/mol. The van der Waals surface area contributed by atoms with E-state index in [0.717, 1.165) is 6.07 Å². The number of halogens is 3. The van der Waals surface area contributed by atoms with Crippen LogP contribution in [0.5, 0.6) is 0 Å². The van der Waals surface area contributed by atoms with Crippen LogP contribution in [0, 0.1) is 0 Å². The first-order chi connectivity index (χ1) is 14.0. The summed E-state index contributed by atoms with van der Waals surface area (Å²) in [6.07, 6.45) is -1.24. The molecular formula is C19H22F3N5O2S. The number of hydrogen-bond donors (Lipinski definition) is 0. The standard InChI is InChI=1S/C17H16F3N5O2S.C2H6/c1-5-12-23-13(16(25(12)6-2)28(26,27)7-3)15-22-11-8-10(17(18,19)20)9-21-14(11)24(15)4;1-2/h5-6,8-9H,1-2,7H2,3-4H3;1-2H3. The van der Waals surface area contributed by atoms with Gasteiger partial charge >= 0.3 is 6.18 Å². The Morgan fingerprint density at radius 3 is 2.33 bits per heavy atom. The van der Waals surface area contributed by atoms with Gasteiger partial charge in [-0.3, -0.25) is 4.57 Å². The second kappa shape index (κ2) is 8.42.